The lowest BCUT2D eigenvalue weighted by atomic mass is 10.4. The van der Waals surface area contributed by atoms with E-state index in [4.69, 9.17) is 14.7 Å². The molecule has 1 saturated heterocycles. The minimum absolute atomic E-state index is 0.197. The molecule has 1 aliphatic rings. The smallest absolute Gasteiger partial charge is 0.373 e. The summed E-state index contributed by atoms with van der Waals surface area (Å²) in [5.74, 6) is -2.30. The average molecular weight is 275 g/mol. The molecule has 3 N–H and O–H groups in total. The predicted octanol–water partition coefficient (Wildman–Crippen LogP) is -1.23. The van der Waals surface area contributed by atoms with E-state index in [0.717, 1.165) is 11.1 Å². The Morgan fingerprint density at radius 3 is 2.72 bits per heavy atom. The number of anilines is 1. The van der Waals surface area contributed by atoms with Gasteiger partial charge < -0.3 is 9.52 Å². The molecule has 1 atom stereocenters. The second-order valence-corrected chi connectivity index (χ2v) is 5.58. The van der Waals surface area contributed by atoms with Crippen molar-refractivity contribution in [2.75, 3.05) is 11.4 Å². The third-order valence-electron chi connectivity index (χ3n) is 2.49. The van der Waals surface area contributed by atoms with E-state index in [1.807, 2.05) is 0 Å². The molecule has 1 aliphatic heterocycles. The zero-order chi connectivity index (χ0) is 13.5. The van der Waals surface area contributed by atoms with E-state index in [2.05, 4.69) is 4.98 Å². The van der Waals surface area contributed by atoms with Crippen LogP contribution in [0.5, 0.6) is 0 Å². The van der Waals surface area contributed by atoms with E-state index >= 15 is 0 Å². The summed E-state index contributed by atoms with van der Waals surface area (Å²) in [6, 6.07) is -0.247. The summed E-state index contributed by atoms with van der Waals surface area (Å²) in [7, 11) is -3.83. The Hall–Kier alpha value is -1.94. The molecule has 2 rings (SSSR count). The van der Waals surface area contributed by atoms with Crippen molar-refractivity contribution >= 4 is 27.9 Å². The molecule has 0 spiro atoms. The second kappa shape index (κ2) is 4.07. The lowest BCUT2D eigenvalue weighted by Crippen LogP contribution is -2.32. The number of carboxylic acids is 1. The first-order chi connectivity index (χ1) is 8.29. The Kier molecular flexibility index (Phi) is 2.83. The maximum absolute atomic E-state index is 11.6. The third kappa shape index (κ3) is 2.19. The van der Waals surface area contributed by atoms with Gasteiger partial charge in [-0.15, -0.1) is 0 Å². The number of oxazole rings is 1. The maximum atomic E-state index is 11.6. The fraction of sp³-hybridized carbons (Fsp3) is 0.375. The number of carbonyl (C=O) groups is 2. The first kappa shape index (κ1) is 12.5. The van der Waals surface area contributed by atoms with Gasteiger partial charge >= 0.3 is 12.0 Å². The molecule has 10 heteroatoms. The summed E-state index contributed by atoms with van der Waals surface area (Å²) < 4.78 is 27.1. The molecule has 9 nitrogen and oxygen atoms in total. The summed E-state index contributed by atoms with van der Waals surface area (Å²) in [4.78, 5) is 26.7. The topological polar surface area (TPSA) is 144 Å². The first-order valence-corrected chi connectivity index (χ1v) is 6.41. The lowest BCUT2D eigenvalue weighted by molar-refractivity contribution is -0.117. The molecule has 0 bridgehead atoms. The van der Waals surface area contributed by atoms with Gasteiger partial charge in [-0.2, -0.15) is 0 Å². The van der Waals surface area contributed by atoms with E-state index in [1.165, 1.54) is 0 Å². The zero-order valence-corrected chi connectivity index (χ0v) is 9.75. The van der Waals surface area contributed by atoms with Crippen LogP contribution in [0.25, 0.3) is 0 Å². The highest BCUT2D eigenvalue weighted by Gasteiger charge is 2.39. The molecule has 0 saturated carbocycles. The van der Waals surface area contributed by atoms with E-state index in [0.29, 0.717) is 0 Å². The van der Waals surface area contributed by atoms with Gasteiger partial charge in [0.15, 0.2) is 0 Å². The zero-order valence-electron chi connectivity index (χ0n) is 8.94. The van der Waals surface area contributed by atoms with Crippen molar-refractivity contribution in [2.45, 2.75) is 11.7 Å². The molecule has 1 unspecified atom stereocenters. The van der Waals surface area contributed by atoms with Crippen LogP contribution < -0.4 is 10.0 Å². The number of nitrogens with zero attached hydrogens (tertiary/aromatic N) is 2. The standard InChI is InChI=1S/C8H9N3O6S/c9-18(15,16)4-1-6(12)11(3-4)8-10-2-5(17-8)7(13)14/h2,4H,1,3H2,(H,13,14)(H2,9,15,16). The molecular weight excluding hydrogens is 266 g/mol. The van der Waals surface area contributed by atoms with Gasteiger partial charge in [-0.05, 0) is 0 Å². The summed E-state index contributed by atoms with van der Waals surface area (Å²) in [5, 5.41) is 12.5. The molecule has 1 fully saturated rings. The van der Waals surface area contributed by atoms with Crippen LogP contribution in [0.15, 0.2) is 10.6 Å². The number of aromatic nitrogens is 1. The van der Waals surface area contributed by atoms with Crippen molar-refractivity contribution in [1.82, 2.24) is 4.98 Å². The quantitative estimate of drug-likeness (QED) is 0.702. The number of carboxylic acid groups (broad SMARTS) is 1. The van der Waals surface area contributed by atoms with Crippen LogP contribution in [-0.4, -0.2) is 42.2 Å². The van der Waals surface area contributed by atoms with Crippen molar-refractivity contribution in [2.24, 2.45) is 5.14 Å². The fourth-order valence-electron chi connectivity index (χ4n) is 1.57. The normalized spacial score (nSPS) is 20.4. The van der Waals surface area contributed by atoms with Gasteiger partial charge in [0.1, 0.15) is 5.25 Å². The molecule has 18 heavy (non-hydrogen) atoms. The van der Waals surface area contributed by atoms with Gasteiger partial charge in [-0.25, -0.2) is 23.3 Å². The molecule has 0 radical (unpaired) electrons. The van der Waals surface area contributed by atoms with Gasteiger partial charge in [0, 0.05) is 13.0 Å². The Labute approximate surface area is 101 Å². The minimum Gasteiger partial charge on any atom is -0.475 e. The molecule has 2 heterocycles. The number of rotatable bonds is 3. The second-order valence-electron chi connectivity index (χ2n) is 3.73. The van der Waals surface area contributed by atoms with Crippen molar-refractivity contribution in [3.63, 3.8) is 0 Å². The van der Waals surface area contributed by atoms with Crippen LogP contribution in [0.1, 0.15) is 17.0 Å². The highest BCUT2D eigenvalue weighted by molar-refractivity contribution is 7.89. The number of nitrogens with two attached hydrogens (primary N) is 1. The number of sulfonamides is 1. The number of aromatic carboxylic acids is 1. The van der Waals surface area contributed by atoms with Crippen molar-refractivity contribution in [3.8, 4) is 0 Å². The fourth-order valence-corrected chi connectivity index (χ4v) is 2.30. The van der Waals surface area contributed by atoms with Crippen LogP contribution in [0.4, 0.5) is 6.01 Å². The minimum atomic E-state index is -3.83. The third-order valence-corrected chi connectivity index (χ3v) is 3.73. The molecule has 1 amide bonds. The number of carbonyl (C=O) groups excluding carboxylic acids is 1. The lowest BCUT2D eigenvalue weighted by Gasteiger charge is -2.10. The average Bonchev–Trinajstić information content (AvgIpc) is 2.81. The Balaban J connectivity index is 2.24. The monoisotopic (exact) mass is 275 g/mol. The van der Waals surface area contributed by atoms with E-state index in [-0.39, 0.29) is 19.0 Å². The van der Waals surface area contributed by atoms with Gasteiger partial charge in [0.2, 0.25) is 21.7 Å². The van der Waals surface area contributed by atoms with E-state index in [9.17, 15) is 18.0 Å². The van der Waals surface area contributed by atoms with Crippen LogP contribution in [0, 0.1) is 0 Å². The van der Waals surface area contributed by atoms with Crippen molar-refractivity contribution in [1.29, 1.82) is 0 Å². The predicted molar refractivity (Wildman–Crippen MR) is 57.3 cm³/mol. The number of hydrogen-bond donors (Lipinski definition) is 2. The van der Waals surface area contributed by atoms with Gasteiger partial charge in [0.25, 0.3) is 0 Å². The van der Waals surface area contributed by atoms with Crippen LogP contribution >= 0.6 is 0 Å². The SMILES string of the molecule is NS(=O)(=O)C1CC(=O)N(c2ncc(C(=O)O)o2)C1. The van der Waals surface area contributed by atoms with Gasteiger partial charge in [-0.1, -0.05) is 0 Å². The Morgan fingerprint density at radius 2 is 2.28 bits per heavy atom. The van der Waals surface area contributed by atoms with E-state index < -0.39 is 32.9 Å². The Bertz CT molecular complexity index is 606. The first-order valence-electron chi connectivity index (χ1n) is 4.80. The molecule has 1 aromatic heterocycles. The summed E-state index contributed by atoms with van der Waals surface area (Å²) in [6.07, 6.45) is 0.666. The molecule has 0 aliphatic carbocycles. The van der Waals surface area contributed by atoms with Crippen LogP contribution in [0.2, 0.25) is 0 Å². The number of amides is 1. The molecule has 0 aromatic carbocycles. The van der Waals surface area contributed by atoms with Crippen molar-refractivity contribution in [3.05, 3.63) is 12.0 Å². The van der Waals surface area contributed by atoms with Crippen molar-refractivity contribution < 1.29 is 27.5 Å². The van der Waals surface area contributed by atoms with Gasteiger partial charge in [-0.3, -0.25) is 9.69 Å². The summed E-state index contributed by atoms with van der Waals surface area (Å²) >= 11 is 0. The Morgan fingerprint density at radius 1 is 1.61 bits per heavy atom. The highest BCUT2D eigenvalue weighted by atomic mass is 32.2. The van der Waals surface area contributed by atoms with Crippen LogP contribution in [0.3, 0.4) is 0 Å². The molecular formula is C8H9N3O6S. The van der Waals surface area contributed by atoms with Crippen LogP contribution in [-0.2, 0) is 14.8 Å². The highest BCUT2D eigenvalue weighted by Crippen LogP contribution is 2.23. The molecule has 98 valence electrons. The number of hydrogen-bond acceptors (Lipinski definition) is 6. The summed E-state index contributed by atoms with van der Waals surface area (Å²) in [5.41, 5.74) is 0. The largest absolute Gasteiger partial charge is 0.475 e. The number of primary sulfonamides is 1. The maximum Gasteiger partial charge on any atom is 0.373 e. The molecule has 1 aromatic rings. The summed E-state index contributed by atoms with van der Waals surface area (Å²) in [6.45, 7) is -0.197. The van der Waals surface area contributed by atoms with Gasteiger partial charge in [0.05, 0.1) is 6.20 Å². The van der Waals surface area contributed by atoms with E-state index in [1.54, 1.807) is 0 Å².